The SMILES string of the molecule is O=C(O)[C@@H](CCO)NS(=O)(=O)CC1CCCCC1. The van der Waals surface area contributed by atoms with Gasteiger partial charge in [-0.1, -0.05) is 19.3 Å². The van der Waals surface area contributed by atoms with Gasteiger partial charge in [-0.15, -0.1) is 0 Å². The lowest BCUT2D eigenvalue weighted by Crippen LogP contribution is -2.43. The van der Waals surface area contributed by atoms with E-state index < -0.39 is 22.0 Å². The van der Waals surface area contributed by atoms with Crippen molar-refractivity contribution < 1.29 is 23.4 Å². The van der Waals surface area contributed by atoms with Gasteiger partial charge < -0.3 is 10.2 Å². The van der Waals surface area contributed by atoms with Crippen molar-refractivity contribution in [2.75, 3.05) is 12.4 Å². The first kappa shape index (κ1) is 15.4. The molecule has 0 radical (unpaired) electrons. The Labute approximate surface area is 107 Å². The van der Waals surface area contributed by atoms with Crippen molar-refractivity contribution in [3.05, 3.63) is 0 Å². The van der Waals surface area contributed by atoms with E-state index >= 15 is 0 Å². The Morgan fingerprint density at radius 3 is 2.39 bits per heavy atom. The van der Waals surface area contributed by atoms with E-state index in [9.17, 15) is 13.2 Å². The fourth-order valence-corrected chi connectivity index (χ4v) is 3.99. The Bertz CT molecular complexity index is 362. The highest BCUT2D eigenvalue weighted by molar-refractivity contribution is 7.89. The topological polar surface area (TPSA) is 104 Å². The maximum absolute atomic E-state index is 11.8. The average molecular weight is 279 g/mol. The molecular weight excluding hydrogens is 258 g/mol. The molecule has 6 nitrogen and oxygen atoms in total. The third-order valence-corrected chi connectivity index (χ3v) is 4.77. The van der Waals surface area contributed by atoms with Crippen LogP contribution in [0.4, 0.5) is 0 Å². The van der Waals surface area contributed by atoms with Gasteiger partial charge in [-0.3, -0.25) is 4.79 Å². The third-order valence-electron chi connectivity index (χ3n) is 3.22. The molecule has 1 aliphatic rings. The molecule has 1 atom stereocenters. The summed E-state index contributed by atoms with van der Waals surface area (Å²) in [5.74, 6) is -1.14. The minimum absolute atomic E-state index is 0.0117. The number of hydrogen-bond donors (Lipinski definition) is 3. The summed E-state index contributed by atoms with van der Waals surface area (Å²) in [6.45, 7) is -0.358. The molecule has 106 valence electrons. The number of hydrogen-bond acceptors (Lipinski definition) is 4. The van der Waals surface area contributed by atoms with Gasteiger partial charge in [-0.25, -0.2) is 13.1 Å². The molecule has 0 saturated heterocycles. The highest BCUT2D eigenvalue weighted by Gasteiger charge is 2.26. The Morgan fingerprint density at radius 2 is 1.89 bits per heavy atom. The van der Waals surface area contributed by atoms with E-state index in [0.717, 1.165) is 32.1 Å². The number of aliphatic hydroxyl groups is 1. The summed E-state index contributed by atoms with van der Waals surface area (Å²) >= 11 is 0. The minimum Gasteiger partial charge on any atom is -0.480 e. The van der Waals surface area contributed by atoms with Crippen LogP contribution < -0.4 is 4.72 Å². The van der Waals surface area contributed by atoms with E-state index in [2.05, 4.69) is 4.72 Å². The Morgan fingerprint density at radius 1 is 1.28 bits per heavy atom. The van der Waals surface area contributed by atoms with Crippen molar-refractivity contribution in [1.82, 2.24) is 4.72 Å². The first-order valence-electron chi connectivity index (χ1n) is 6.28. The van der Waals surface area contributed by atoms with Crippen molar-refractivity contribution in [2.45, 2.75) is 44.6 Å². The van der Waals surface area contributed by atoms with E-state index in [0.29, 0.717) is 0 Å². The molecule has 0 unspecified atom stereocenters. The highest BCUT2D eigenvalue weighted by atomic mass is 32.2. The second-order valence-electron chi connectivity index (χ2n) is 4.81. The normalized spacial score (nSPS) is 19.6. The van der Waals surface area contributed by atoms with E-state index in [1.54, 1.807) is 0 Å². The van der Waals surface area contributed by atoms with Gasteiger partial charge in [0.25, 0.3) is 0 Å². The third kappa shape index (κ3) is 5.32. The quantitative estimate of drug-likeness (QED) is 0.622. The molecule has 0 aliphatic heterocycles. The predicted molar refractivity (Wildman–Crippen MR) is 66.6 cm³/mol. The number of rotatable bonds is 7. The molecular formula is C11H21NO5S. The molecule has 1 fully saturated rings. The smallest absolute Gasteiger partial charge is 0.321 e. The average Bonchev–Trinajstić information content (AvgIpc) is 2.28. The lowest BCUT2D eigenvalue weighted by molar-refractivity contribution is -0.139. The molecule has 0 aromatic heterocycles. The lowest BCUT2D eigenvalue weighted by Gasteiger charge is -2.22. The zero-order chi connectivity index (χ0) is 13.6. The van der Waals surface area contributed by atoms with E-state index in [1.807, 2.05) is 0 Å². The van der Waals surface area contributed by atoms with Crippen molar-refractivity contribution in [2.24, 2.45) is 5.92 Å². The summed E-state index contributed by atoms with van der Waals surface area (Å²) < 4.78 is 25.8. The van der Waals surface area contributed by atoms with Gasteiger partial charge >= 0.3 is 5.97 Å². The molecule has 0 heterocycles. The first-order chi connectivity index (χ1) is 8.44. The number of carboxylic acids is 1. The van der Waals surface area contributed by atoms with Gasteiger partial charge in [0.1, 0.15) is 6.04 Å². The number of aliphatic carboxylic acids is 1. The number of aliphatic hydroxyl groups excluding tert-OH is 1. The molecule has 7 heteroatoms. The van der Waals surface area contributed by atoms with Crippen LogP contribution in [0.1, 0.15) is 38.5 Å². The minimum atomic E-state index is -3.59. The van der Waals surface area contributed by atoms with E-state index in [-0.39, 0.29) is 24.7 Å². The summed E-state index contributed by atoms with van der Waals surface area (Å²) in [5.41, 5.74) is 0. The molecule has 0 aromatic carbocycles. The van der Waals surface area contributed by atoms with Crippen LogP contribution in [0.2, 0.25) is 0 Å². The van der Waals surface area contributed by atoms with Crippen LogP contribution in [0.3, 0.4) is 0 Å². The van der Waals surface area contributed by atoms with Crippen LogP contribution >= 0.6 is 0 Å². The second kappa shape index (κ2) is 7.06. The summed E-state index contributed by atoms with van der Waals surface area (Å²) in [6, 6.07) is -1.23. The summed E-state index contributed by atoms with van der Waals surface area (Å²) in [4.78, 5) is 10.8. The van der Waals surface area contributed by atoms with Gasteiger partial charge in [0, 0.05) is 6.61 Å². The van der Waals surface area contributed by atoms with Crippen LogP contribution in [-0.4, -0.2) is 43.0 Å². The largest absolute Gasteiger partial charge is 0.480 e. The van der Waals surface area contributed by atoms with Gasteiger partial charge in [0.2, 0.25) is 10.0 Å². The monoisotopic (exact) mass is 279 g/mol. The van der Waals surface area contributed by atoms with Crippen LogP contribution in [0.25, 0.3) is 0 Å². The molecule has 3 N–H and O–H groups in total. The molecule has 1 saturated carbocycles. The van der Waals surface area contributed by atoms with Crippen molar-refractivity contribution in [3.8, 4) is 0 Å². The van der Waals surface area contributed by atoms with Crippen LogP contribution in [-0.2, 0) is 14.8 Å². The maximum atomic E-state index is 11.8. The highest BCUT2D eigenvalue weighted by Crippen LogP contribution is 2.24. The van der Waals surface area contributed by atoms with Crippen molar-refractivity contribution in [1.29, 1.82) is 0 Å². The number of sulfonamides is 1. The summed E-state index contributed by atoms with van der Waals surface area (Å²) in [6.07, 6.45) is 4.89. The zero-order valence-corrected chi connectivity index (χ0v) is 11.2. The van der Waals surface area contributed by atoms with E-state index in [1.165, 1.54) is 0 Å². The van der Waals surface area contributed by atoms with Crippen LogP contribution in [0, 0.1) is 5.92 Å². The Hall–Kier alpha value is -0.660. The van der Waals surface area contributed by atoms with E-state index in [4.69, 9.17) is 10.2 Å². The summed E-state index contributed by atoms with van der Waals surface area (Å²) in [7, 11) is -3.59. The molecule has 18 heavy (non-hydrogen) atoms. The first-order valence-corrected chi connectivity index (χ1v) is 7.93. The molecule has 1 aliphatic carbocycles. The lowest BCUT2D eigenvalue weighted by atomic mass is 9.91. The van der Waals surface area contributed by atoms with Gasteiger partial charge in [0.05, 0.1) is 5.75 Å². The predicted octanol–water partition coefficient (Wildman–Crippen LogP) is 0.322. The molecule has 0 bridgehead atoms. The van der Waals surface area contributed by atoms with Gasteiger partial charge in [0.15, 0.2) is 0 Å². The molecule has 0 aromatic rings. The Kier molecular flexibility index (Phi) is 6.04. The summed E-state index contributed by atoms with van der Waals surface area (Å²) in [5, 5.41) is 17.5. The van der Waals surface area contributed by atoms with Crippen LogP contribution in [0.5, 0.6) is 0 Å². The number of carboxylic acid groups (broad SMARTS) is 1. The fourth-order valence-electron chi connectivity index (χ4n) is 2.29. The fraction of sp³-hybridized carbons (Fsp3) is 0.909. The zero-order valence-electron chi connectivity index (χ0n) is 10.3. The van der Waals surface area contributed by atoms with Crippen molar-refractivity contribution in [3.63, 3.8) is 0 Å². The van der Waals surface area contributed by atoms with Gasteiger partial charge in [-0.05, 0) is 25.2 Å². The maximum Gasteiger partial charge on any atom is 0.321 e. The molecule has 1 rings (SSSR count). The second-order valence-corrected chi connectivity index (χ2v) is 6.60. The van der Waals surface area contributed by atoms with Gasteiger partial charge in [-0.2, -0.15) is 0 Å². The number of carbonyl (C=O) groups is 1. The van der Waals surface area contributed by atoms with Crippen molar-refractivity contribution >= 4 is 16.0 Å². The Balaban J connectivity index is 2.53. The number of nitrogens with one attached hydrogen (secondary N) is 1. The molecule has 0 spiro atoms. The van der Waals surface area contributed by atoms with Crippen LogP contribution in [0.15, 0.2) is 0 Å². The molecule has 0 amide bonds. The standard InChI is InChI=1S/C11H21NO5S/c13-7-6-10(11(14)15)12-18(16,17)8-9-4-2-1-3-5-9/h9-10,12-13H,1-8H2,(H,14,15)/t10-/m1/s1.